The second-order valence-electron chi connectivity index (χ2n) is 7.76. The van der Waals surface area contributed by atoms with Gasteiger partial charge in [0.05, 0.1) is 19.1 Å². The fourth-order valence-corrected chi connectivity index (χ4v) is 3.97. The van der Waals surface area contributed by atoms with Crippen LogP contribution in [0.3, 0.4) is 0 Å². The number of carbonyl (C=O) groups is 2. The molecule has 5 nitrogen and oxygen atoms in total. The van der Waals surface area contributed by atoms with E-state index in [-0.39, 0.29) is 30.2 Å². The van der Waals surface area contributed by atoms with Gasteiger partial charge >= 0.3 is 0 Å². The molecule has 0 bridgehead atoms. The molecular weight excluding hydrogens is 388 g/mol. The normalized spacial score (nSPS) is 16.7. The van der Waals surface area contributed by atoms with Gasteiger partial charge in [-0.05, 0) is 41.8 Å². The molecule has 1 aliphatic rings. The minimum atomic E-state index is -0.378. The van der Waals surface area contributed by atoms with Crippen LogP contribution in [0, 0.1) is 5.92 Å². The average molecular weight is 415 g/mol. The predicted octanol–water partition coefficient (Wildman–Crippen LogP) is 4.15. The van der Waals surface area contributed by atoms with E-state index < -0.39 is 0 Å². The minimum Gasteiger partial charge on any atom is -0.497 e. The van der Waals surface area contributed by atoms with Gasteiger partial charge in [0.1, 0.15) is 5.75 Å². The number of amides is 2. The second-order valence-corrected chi connectivity index (χ2v) is 7.76. The van der Waals surface area contributed by atoms with Crippen molar-refractivity contribution in [3.63, 3.8) is 0 Å². The first-order chi connectivity index (χ1) is 15.1. The highest BCUT2D eigenvalue weighted by molar-refractivity contribution is 6.00. The number of hydrogen-bond donors (Lipinski definition) is 1. The van der Waals surface area contributed by atoms with Crippen molar-refractivity contribution in [3.05, 3.63) is 96.1 Å². The summed E-state index contributed by atoms with van der Waals surface area (Å²) >= 11 is 0. The molecule has 1 N–H and O–H groups in total. The summed E-state index contributed by atoms with van der Waals surface area (Å²) in [4.78, 5) is 27.4. The zero-order chi connectivity index (χ0) is 21.6. The van der Waals surface area contributed by atoms with E-state index in [0.29, 0.717) is 13.0 Å². The molecule has 5 heteroatoms. The summed E-state index contributed by atoms with van der Waals surface area (Å²) in [6.07, 6.45) is 0.907. The molecule has 3 aromatic carbocycles. The van der Waals surface area contributed by atoms with Crippen LogP contribution in [0.1, 0.15) is 23.6 Å². The van der Waals surface area contributed by atoms with Crippen LogP contribution in [-0.4, -0.2) is 25.5 Å². The summed E-state index contributed by atoms with van der Waals surface area (Å²) in [6.45, 7) is 0.379. The zero-order valence-electron chi connectivity index (χ0n) is 17.5. The van der Waals surface area contributed by atoms with Gasteiger partial charge < -0.3 is 15.0 Å². The van der Waals surface area contributed by atoms with E-state index in [1.807, 2.05) is 72.8 Å². The van der Waals surface area contributed by atoms with Gasteiger partial charge in [-0.1, -0.05) is 60.7 Å². The lowest BCUT2D eigenvalue weighted by Crippen LogP contribution is -2.36. The third-order valence-corrected chi connectivity index (χ3v) is 5.68. The fourth-order valence-electron chi connectivity index (χ4n) is 3.97. The SMILES string of the molecule is COc1ccc(N2C[C@H](C(=O)N[C@@H](Cc3ccccc3)c3ccccc3)CC2=O)cc1. The van der Waals surface area contributed by atoms with Crippen LogP contribution in [-0.2, 0) is 16.0 Å². The van der Waals surface area contributed by atoms with Crippen LogP contribution in [0.25, 0.3) is 0 Å². The van der Waals surface area contributed by atoms with Crippen molar-refractivity contribution in [2.75, 3.05) is 18.6 Å². The van der Waals surface area contributed by atoms with Crippen molar-refractivity contribution in [2.45, 2.75) is 18.9 Å². The maximum Gasteiger partial charge on any atom is 0.227 e. The van der Waals surface area contributed by atoms with Gasteiger partial charge in [-0.2, -0.15) is 0 Å². The van der Waals surface area contributed by atoms with E-state index in [1.165, 1.54) is 0 Å². The van der Waals surface area contributed by atoms with Crippen molar-refractivity contribution in [1.82, 2.24) is 5.32 Å². The number of nitrogens with zero attached hydrogens (tertiary/aromatic N) is 1. The van der Waals surface area contributed by atoms with E-state index in [4.69, 9.17) is 4.74 Å². The second kappa shape index (κ2) is 9.47. The third-order valence-electron chi connectivity index (χ3n) is 5.68. The molecule has 4 rings (SSSR count). The Labute approximate surface area is 182 Å². The lowest BCUT2D eigenvalue weighted by molar-refractivity contribution is -0.127. The third kappa shape index (κ3) is 4.94. The number of methoxy groups -OCH3 is 1. The summed E-state index contributed by atoms with van der Waals surface area (Å²) in [5.41, 5.74) is 2.99. The fraction of sp³-hybridized carbons (Fsp3) is 0.231. The molecule has 31 heavy (non-hydrogen) atoms. The van der Waals surface area contributed by atoms with Crippen LogP contribution in [0.5, 0.6) is 5.75 Å². The van der Waals surface area contributed by atoms with Crippen LogP contribution >= 0.6 is 0 Å². The van der Waals surface area contributed by atoms with Crippen LogP contribution < -0.4 is 15.0 Å². The zero-order valence-corrected chi connectivity index (χ0v) is 17.5. The smallest absolute Gasteiger partial charge is 0.227 e. The highest BCUT2D eigenvalue weighted by Gasteiger charge is 2.36. The average Bonchev–Trinajstić information content (AvgIpc) is 3.21. The van der Waals surface area contributed by atoms with Crippen molar-refractivity contribution >= 4 is 17.5 Å². The summed E-state index contributed by atoms with van der Waals surface area (Å²) < 4.78 is 5.19. The molecule has 0 radical (unpaired) electrons. The number of benzene rings is 3. The Kier molecular flexibility index (Phi) is 6.32. The van der Waals surface area contributed by atoms with Crippen LogP contribution in [0.2, 0.25) is 0 Å². The Balaban J connectivity index is 1.47. The summed E-state index contributed by atoms with van der Waals surface area (Å²) in [5.74, 6) is 0.228. The molecule has 0 aromatic heterocycles. The molecular formula is C26H26N2O3. The van der Waals surface area contributed by atoms with Crippen molar-refractivity contribution in [3.8, 4) is 5.75 Å². The number of carbonyl (C=O) groups excluding carboxylic acids is 2. The van der Waals surface area contributed by atoms with Gasteiger partial charge in [0, 0.05) is 18.7 Å². The molecule has 0 aliphatic carbocycles. The summed E-state index contributed by atoms with van der Waals surface area (Å²) in [6, 6.07) is 27.3. The van der Waals surface area contributed by atoms with Crippen molar-refractivity contribution in [2.24, 2.45) is 5.92 Å². The Hall–Kier alpha value is -3.60. The highest BCUT2D eigenvalue weighted by Crippen LogP contribution is 2.28. The highest BCUT2D eigenvalue weighted by atomic mass is 16.5. The van der Waals surface area contributed by atoms with Gasteiger partial charge in [0.25, 0.3) is 0 Å². The standard InChI is InChI=1S/C26H26N2O3/c1-31-23-14-12-22(13-15-23)28-18-21(17-25(28)29)26(30)27-24(20-10-6-3-7-11-20)16-19-8-4-2-5-9-19/h2-15,21,24H,16-18H2,1H3,(H,27,30)/t21-,24+/m1/s1. The molecule has 158 valence electrons. The van der Waals surface area contributed by atoms with E-state index in [0.717, 1.165) is 22.6 Å². The molecule has 1 aliphatic heterocycles. The van der Waals surface area contributed by atoms with E-state index in [1.54, 1.807) is 12.0 Å². The summed E-state index contributed by atoms with van der Waals surface area (Å²) in [7, 11) is 1.61. The van der Waals surface area contributed by atoms with Gasteiger partial charge in [-0.3, -0.25) is 9.59 Å². The molecule has 0 unspecified atom stereocenters. The Morgan fingerprint density at radius 1 is 1.00 bits per heavy atom. The molecule has 1 heterocycles. The maximum atomic E-state index is 13.1. The number of nitrogens with one attached hydrogen (secondary N) is 1. The Morgan fingerprint density at radius 3 is 2.29 bits per heavy atom. The van der Waals surface area contributed by atoms with E-state index >= 15 is 0 Å². The van der Waals surface area contributed by atoms with Crippen LogP contribution in [0.15, 0.2) is 84.9 Å². The molecule has 1 fully saturated rings. The number of rotatable bonds is 7. The first-order valence-electron chi connectivity index (χ1n) is 10.5. The van der Waals surface area contributed by atoms with E-state index in [9.17, 15) is 9.59 Å². The monoisotopic (exact) mass is 414 g/mol. The van der Waals surface area contributed by atoms with E-state index in [2.05, 4.69) is 17.4 Å². The van der Waals surface area contributed by atoms with Gasteiger partial charge in [0.2, 0.25) is 11.8 Å². The number of anilines is 1. The van der Waals surface area contributed by atoms with Gasteiger partial charge in [-0.15, -0.1) is 0 Å². The first kappa shape index (κ1) is 20.7. The lowest BCUT2D eigenvalue weighted by atomic mass is 9.97. The van der Waals surface area contributed by atoms with Crippen molar-refractivity contribution < 1.29 is 14.3 Å². The molecule has 2 atom stereocenters. The molecule has 3 aromatic rings. The van der Waals surface area contributed by atoms with Gasteiger partial charge in [-0.25, -0.2) is 0 Å². The number of ether oxygens (including phenoxy) is 1. The number of hydrogen-bond acceptors (Lipinski definition) is 3. The molecule has 0 saturated carbocycles. The lowest BCUT2D eigenvalue weighted by Gasteiger charge is -2.22. The van der Waals surface area contributed by atoms with Crippen LogP contribution in [0.4, 0.5) is 5.69 Å². The van der Waals surface area contributed by atoms with Gasteiger partial charge in [0.15, 0.2) is 0 Å². The first-order valence-corrected chi connectivity index (χ1v) is 10.5. The largest absolute Gasteiger partial charge is 0.497 e. The van der Waals surface area contributed by atoms with Crippen molar-refractivity contribution in [1.29, 1.82) is 0 Å². The maximum absolute atomic E-state index is 13.1. The quantitative estimate of drug-likeness (QED) is 0.632. The molecule has 2 amide bonds. The molecule has 0 spiro atoms. The Morgan fingerprint density at radius 2 is 1.65 bits per heavy atom. The Bertz CT molecular complexity index is 1020. The topological polar surface area (TPSA) is 58.6 Å². The summed E-state index contributed by atoms with van der Waals surface area (Å²) in [5, 5.41) is 3.20. The molecule has 1 saturated heterocycles. The predicted molar refractivity (Wildman–Crippen MR) is 121 cm³/mol. The minimum absolute atomic E-state index is 0.0374.